The summed E-state index contributed by atoms with van der Waals surface area (Å²) in [5, 5.41) is 23.7. The molecule has 0 aliphatic heterocycles. The van der Waals surface area contributed by atoms with Gasteiger partial charge in [0.05, 0.1) is 17.7 Å². The topological polar surface area (TPSA) is 122 Å². The molecule has 0 bridgehead atoms. The molecule has 2 aromatic heterocycles. The summed E-state index contributed by atoms with van der Waals surface area (Å²) in [5.74, 6) is -1.05. The molecule has 0 radical (unpaired) electrons. The van der Waals surface area contributed by atoms with E-state index in [1.54, 1.807) is 17.1 Å². The third-order valence-electron chi connectivity index (χ3n) is 2.49. The lowest BCUT2D eigenvalue weighted by molar-refractivity contribution is 0.0691. The Hall–Kier alpha value is -2.49. The van der Waals surface area contributed by atoms with Crippen LogP contribution < -0.4 is 10.6 Å². The maximum Gasteiger partial charge on any atom is 0.355 e. The Labute approximate surface area is 124 Å². The van der Waals surface area contributed by atoms with Gasteiger partial charge in [0.1, 0.15) is 0 Å². The van der Waals surface area contributed by atoms with Gasteiger partial charge in [-0.1, -0.05) is 5.21 Å². The Bertz CT molecular complexity index is 597. The van der Waals surface area contributed by atoms with E-state index in [1.807, 2.05) is 0 Å². The number of aromatic nitrogens is 4. The second kappa shape index (κ2) is 7.33. The van der Waals surface area contributed by atoms with E-state index >= 15 is 0 Å². The quantitative estimate of drug-likeness (QED) is 0.660. The Morgan fingerprint density at radius 2 is 2.14 bits per heavy atom. The number of nitrogens with zero attached hydrogens (tertiary/aromatic N) is 4. The summed E-state index contributed by atoms with van der Waals surface area (Å²) in [4.78, 5) is 26.1. The molecule has 0 unspecified atom stereocenters. The summed E-state index contributed by atoms with van der Waals surface area (Å²) < 4.78 is 1.61. The van der Waals surface area contributed by atoms with Gasteiger partial charge in [-0.15, -0.1) is 16.4 Å². The van der Waals surface area contributed by atoms with Gasteiger partial charge >= 0.3 is 12.0 Å². The molecule has 0 fully saturated rings. The molecular weight excluding hydrogens is 296 g/mol. The molecule has 10 heteroatoms. The highest BCUT2D eigenvalue weighted by Gasteiger charge is 2.08. The molecule has 0 saturated heterocycles. The fraction of sp³-hybridized carbons (Fsp3) is 0.364. The van der Waals surface area contributed by atoms with Crippen molar-refractivity contribution in [1.29, 1.82) is 0 Å². The Morgan fingerprint density at radius 1 is 1.33 bits per heavy atom. The van der Waals surface area contributed by atoms with Crippen LogP contribution in [-0.2, 0) is 13.0 Å². The highest BCUT2D eigenvalue weighted by Crippen LogP contribution is 2.09. The molecule has 2 heterocycles. The summed E-state index contributed by atoms with van der Waals surface area (Å²) in [7, 11) is 0. The van der Waals surface area contributed by atoms with E-state index in [4.69, 9.17) is 5.11 Å². The number of carboxylic acids is 1. The molecule has 0 aliphatic rings. The van der Waals surface area contributed by atoms with Crippen LogP contribution in [0.5, 0.6) is 0 Å². The number of hydrogen-bond donors (Lipinski definition) is 3. The zero-order chi connectivity index (χ0) is 15.1. The summed E-state index contributed by atoms with van der Waals surface area (Å²) in [5.41, 5.74) is 0.0345. The SMILES string of the molecule is O=C(NCCc1nc(C(=O)O)cs1)NCCn1ccnn1. The molecule has 2 amide bonds. The molecule has 2 rings (SSSR count). The molecule has 0 saturated carbocycles. The van der Waals surface area contributed by atoms with Crippen LogP contribution in [0.25, 0.3) is 0 Å². The summed E-state index contributed by atoms with van der Waals surface area (Å²) in [6.07, 6.45) is 3.77. The van der Waals surface area contributed by atoms with Crippen molar-refractivity contribution in [3.05, 3.63) is 28.5 Å². The lowest BCUT2D eigenvalue weighted by Crippen LogP contribution is -2.38. The Morgan fingerprint density at radius 3 is 2.81 bits per heavy atom. The van der Waals surface area contributed by atoms with E-state index in [-0.39, 0.29) is 11.7 Å². The molecule has 21 heavy (non-hydrogen) atoms. The smallest absolute Gasteiger partial charge is 0.355 e. The fourth-order valence-corrected chi connectivity index (χ4v) is 2.28. The lowest BCUT2D eigenvalue weighted by Gasteiger charge is -2.06. The van der Waals surface area contributed by atoms with E-state index in [1.165, 1.54) is 16.7 Å². The van der Waals surface area contributed by atoms with Gasteiger partial charge in [-0.3, -0.25) is 4.68 Å². The minimum absolute atomic E-state index is 0.0345. The molecule has 0 atom stereocenters. The van der Waals surface area contributed by atoms with E-state index in [9.17, 15) is 9.59 Å². The number of urea groups is 1. The van der Waals surface area contributed by atoms with Crippen LogP contribution in [0.4, 0.5) is 4.79 Å². The number of nitrogens with one attached hydrogen (secondary N) is 2. The molecule has 2 aromatic rings. The highest BCUT2D eigenvalue weighted by molar-refractivity contribution is 7.09. The first-order valence-electron chi connectivity index (χ1n) is 6.18. The summed E-state index contributed by atoms with van der Waals surface area (Å²) in [6.45, 7) is 1.37. The number of thiazole rings is 1. The van der Waals surface area contributed by atoms with Crippen molar-refractivity contribution < 1.29 is 14.7 Å². The van der Waals surface area contributed by atoms with E-state index in [0.717, 1.165) is 0 Å². The van der Waals surface area contributed by atoms with Gasteiger partial charge in [-0.2, -0.15) is 0 Å². The Kier molecular flexibility index (Phi) is 5.21. The summed E-state index contributed by atoms with van der Waals surface area (Å²) in [6, 6.07) is -0.287. The van der Waals surface area contributed by atoms with Gasteiger partial charge in [-0.25, -0.2) is 14.6 Å². The van der Waals surface area contributed by atoms with Crippen molar-refractivity contribution in [2.45, 2.75) is 13.0 Å². The van der Waals surface area contributed by atoms with Crippen molar-refractivity contribution in [3.63, 3.8) is 0 Å². The van der Waals surface area contributed by atoms with Gasteiger partial charge in [0.25, 0.3) is 0 Å². The zero-order valence-electron chi connectivity index (χ0n) is 11.0. The van der Waals surface area contributed by atoms with E-state index in [0.29, 0.717) is 31.1 Å². The normalized spacial score (nSPS) is 10.3. The van der Waals surface area contributed by atoms with Crippen LogP contribution in [0, 0.1) is 0 Å². The number of hydrogen-bond acceptors (Lipinski definition) is 6. The number of carbonyl (C=O) groups excluding carboxylic acids is 1. The maximum atomic E-state index is 11.5. The van der Waals surface area contributed by atoms with Crippen LogP contribution in [0.1, 0.15) is 15.5 Å². The maximum absolute atomic E-state index is 11.5. The predicted octanol–water partition coefficient (Wildman–Crippen LogP) is -0.0253. The molecule has 3 N–H and O–H groups in total. The van der Waals surface area contributed by atoms with Crippen molar-refractivity contribution in [2.75, 3.05) is 13.1 Å². The van der Waals surface area contributed by atoms with Gasteiger partial charge in [0.15, 0.2) is 5.69 Å². The van der Waals surface area contributed by atoms with Crippen LogP contribution in [0.15, 0.2) is 17.8 Å². The fourth-order valence-electron chi connectivity index (χ4n) is 1.51. The predicted molar refractivity (Wildman–Crippen MR) is 74.2 cm³/mol. The average molecular weight is 310 g/mol. The van der Waals surface area contributed by atoms with Crippen molar-refractivity contribution in [1.82, 2.24) is 30.6 Å². The first kappa shape index (κ1) is 14.9. The molecular formula is C11H14N6O3S. The van der Waals surface area contributed by atoms with Crippen molar-refractivity contribution in [2.24, 2.45) is 0 Å². The van der Waals surface area contributed by atoms with E-state index in [2.05, 4.69) is 25.9 Å². The molecule has 0 aliphatic carbocycles. The first-order chi connectivity index (χ1) is 10.1. The third kappa shape index (κ3) is 4.84. The highest BCUT2D eigenvalue weighted by atomic mass is 32.1. The third-order valence-corrected chi connectivity index (χ3v) is 3.40. The number of rotatable bonds is 7. The monoisotopic (exact) mass is 310 g/mol. The average Bonchev–Trinajstić information content (AvgIpc) is 3.09. The van der Waals surface area contributed by atoms with Crippen molar-refractivity contribution >= 4 is 23.3 Å². The van der Waals surface area contributed by atoms with Crippen LogP contribution in [-0.4, -0.2) is 50.2 Å². The van der Waals surface area contributed by atoms with Gasteiger partial charge < -0.3 is 15.7 Å². The lowest BCUT2D eigenvalue weighted by atomic mass is 10.4. The second-order valence-corrected chi connectivity index (χ2v) is 4.97. The molecule has 0 spiro atoms. The molecule has 9 nitrogen and oxygen atoms in total. The van der Waals surface area contributed by atoms with Gasteiger partial charge in [-0.05, 0) is 0 Å². The minimum Gasteiger partial charge on any atom is -0.476 e. The van der Waals surface area contributed by atoms with Crippen LogP contribution >= 0.6 is 11.3 Å². The van der Waals surface area contributed by atoms with Gasteiger partial charge in [0, 0.05) is 31.1 Å². The van der Waals surface area contributed by atoms with Crippen molar-refractivity contribution in [3.8, 4) is 0 Å². The summed E-state index contributed by atoms with van der Waals surface area (Å²) >= 11 is 1.26. The number of carboxylic acid groups (broad SMARTS) is 1. The van der Waals surface area contributed by atoms with Gasteiger partial charge in [0.2, 0.25) is 0 Å². The van der Waals surface area contributed by atoms with Crippen LogP contribution in [0.3, 0.4) is 0 Å². The zero-order valence-corrected chi connectivity index (χ0v) is 11.8. The second-order valence-electron chi connectivity index (χ2n) is 4.03. The minimum atomic E-state index is -1.05. The number of amides is 2. The standard InChI is InChI=1S/C11H14N6O3S/c18-10(19)8-7-21-9(15-8)1-2-12-11(20)13-3-5-17-6-4-14-16-17/h4,6-7H,1-3,5H2,(H,18,19)(H2,12,13,20). The molecule has 112 valence electrons. The number of carbonyl (C=O) groups is 2. The molecule has 0 aromatic carbocycles. The Balaban J connectivity index is 1.61. The first-order valence-corrected chi connectivity index (χ1v) is 7.06. The largest absolute Gasteiger partial charge is 0.476 e. The van der Waals surface area contributed by atoms with E-state index < -0.39 is 5.97 Å². The van der Waals surface area contributed by atoms with Crippen LogP contribution in [0.2, 0.25) is 0 Å². The number of aromatic carboxylic acids is 1.